The van der Waals surface area contributed by atoms with Gasteiger partial charge in [-0.1, -0.05) is 11.8 Å². The first kappa shape index (κ1) is 6.57. The molecule has 6 heavy (non-hydrogen) atoms. The summed E-state index contributed by atoms with van der Waals surface area (Å²) in [6, 6.07) is 0. The van der Waals surface area contributed by atoms with Gasteiger partial charge in [0.1, 0.15) is 6.42 Å². The van der Waals surface area contributed by atoms with E-state index >= 15 is 0 Å². The molecule has 0 saturated heterocycles. The first-order chi connectivity index (χ1) is 2.56. The van der Waals surface area contributed by atoms with E-state index in [1.165, 1.54) is 0 Å². The Hall–Kier alpha value is 0.570. The summed E-state index contributed by atoms with van der Waals surface area (Å²) in [5.41, 5.74) is 0. The lowest BCUT2D eigenvalue weighted by atomic mass is 11.6. The van der Waals surface area contributed by atoms with E-state index in [2.05, 4.69) is 16.9 Å². The van der Waals surface area contributed by atoms with Gasteiger partial charge in [-0.25, -0.2) is 0 Å². The average molecular weight is 125 g/mol. The van der Waals surface area contributed by atoms with Gasteiger partial charge in [-0.05, 0) is 7.05 Å². The molecular formula is C2H8NOPS. The van der Waals surface area contributed by atoms with Crippen LogP contribution in [0.15, 0.2) is 0 Å². The second-order valence-electron chi connectivity index (χ2n) is 1.10. The molecule has 0 spiro atoms. The maximum atomic E-state index is 8.64. The summed E-state index contributed by atoms with van der Waals surface area (Å²) in [5.74, 6) is 0. The molecule has 0 aliphatic heterocycles. The zero-order valence-electron chi connectivity index (χ0n) is 3.80. The Morgan fingerprint density at radius 3 is 2.00 bits per heavy atom. The van der Waals surface area contributed by atoms with Crippen molar-refractivity contribution in [2.24, 2.45) is 0 Å². The summed E-state index contributed by atoms with van der Waals surface area (Å²) >= 11 is 4.54. The lowest BCUT2D eigenvalue weighted by Crippen LogP contribution is -1.97. The summed E-state index contributed by atoms with van der Waals surface area (Å²) < 4.78 is 0. The van der Waals surface area contributed by atoms with Crippen LogP contribution in [-0.2, 0) is 11.8 Å². The Bertz CT molecular complexity index is 77.6. The summed E-state index contributed by atoms with van der Waals surface area (Å²) in [7, 11) is 1.65. The third-order valence-electron chi connectivity index (χ3n) is 0.415. The molecular weight excluding hydrogens is 117 g/mol. The molecule has 38 valence electrons. The standard InChI is InChI=1S/C2H8NOPS/c1-3-5(2,4)6/h1-2H3,(H2,3,4,6). The molecule has 0 heterocycles. The average Bonchev–Trinajstić information content (AvgIpc) is 1.35. The predicted molar refractivity (Wildman–Crippen MR) is 31.5 cm³/mol. The van der Waals surface area contributed by atoms with Crippen LogP contribution < -0.4 is 5.09 Å². The van der Waals surface area contributed by atoms with Gasteiger partial charge < -0.3 is 4.89 Å². The molecule has 0 fully saturated rings. The lowest BCUT2D eigenvalue weighted by Gasteiger charge is -2.02. The molecule has 0 aromatic heterocycles. The third kappa shape index (κ3) is 4.57. The molecule has 4 heteroatoms. The number of hydrogen-bond acceptors (Lipinski definition) is 1. The molecule has 0 bridgehead atoms. The van der Waals surface area contributed by atoms with Crippen LogP contribution in [0.4, 0.5) is 0 Å². The van der Waals surface area contributed by atoms with Gasteiger partial charge in [0.2, 0.25) is 0 Å². The topological polar surface area (TPSA) is 32.3 Å². The van der Waals surface area contributed by atoms with E-state index in [9.17, 15) is 0 Å². The van der Waals surface area contributed by atoms with Crippen molar-refractivity contribution < 1.29 is 4.89 Å². The van der Waals surface area contributed by atoms with Crippen LogP contribution in [0.1, 0.15) is 0 Å². The van der Waals surface area contributed by atoms with Crippen LogP contribution in [0, 0.1) is 0 Å². The monoisotopic (exact) mass is 125 g/mol. The van der Waals surface area contributed by atoms with Crippen molar-refractivity contribution in [1.82, 2.24) is 5.09 Å². The molecule has 2 N–H and O–H groups in total. The Morgan fingerprint density at radius 1 is 1.83 bits per heavy atom. The van der Waals surface area contributed by atoms with Gasteiger partial charge >= 0.3 is 0 Å². The molecule has 0 saturated carbocycles. The van der Waals surface area contributed by atoms with Crippen LogP contribution in [0.3, 0.4) is 0 Å². The molecule has 0 radical (unpaired) electrons. The Labute approximate surface area is 42.7 Å². The van der Waals surface area contributed by atoms with Crippen LogP contribution in [0.5, 0.6) is 0 Å². The van der Waals surface area contributed by atoms with Crippen molar-refractivity contribution >= 4 is 18.2 Å². The van der Waals surface area contributed by atoms with Crippen LogP contribution in [-0.4, -0.2) is 18.6 Å². The van der Waals surface area contributed by atoms with Gasteiger partial charge in [-0.15, -0.1) is 0 Å². The van der Waals surface area contributed by atoms with E-state index in [-0.39, 0.29) is 0 Å². The fourth-order valence-electron chi connectivity index (χ4n) is 0. The van der Waals surface area contributed by atoms with Crippen molar-refractivity contribution in [3.8, 4) is 0 Å². The van der Waals surface area contributed by atoms with Crippen molar-refractivity contribution in [2.75, 3.05) is 13.7 Å². The minimum atomic E-state index is -2.06. The molecule has 0 aromatic carbocycles. The molecule has 0 aliphatic carbocycles. The minimum Gasteiger partial charge on any atom is -0.354 e. The van der Waals surface area contributed by atoms with E-state index in [1.54, 1.807) is 13.7 Å². The fourth-order valence-corrected chi connectivity index (χ4v) is 0. The Kier molecular flexibility index (Phi) is 2.22. The second-order valence-corrected chi connectivity index (χ2v) is 5.44. The molecule has 1 atom stereocenters. The molecule has 0 amide bonds. The number of hydrogen-bond donors (Lipinski definition) is 2. The van der Waals surface area contributed by atoms with E-state index in [0.29, 0.717) is 0 Å². The summed E-state index contributed by atoms with van der Waals surface area (Å²) in [6.45, 7) is 1.61. The van der Waals surface area contributed by atoms with Crippen molar-refractivity contribution in [2.45, 2.75) is 0 Å². The molecule has 2 nitrogen and oxygen atoms in total. The molecule has 0 rings (SSSR count). The number of nitrogens with one attached hydrogen (secondary N) is 1. The van der Waals surface area contributed by atoms with Gasteiger partial charge in [0.05, 0.1) is 0 Å². The maximum Gasteiger partial charge on any atom is 0.123 e. The Morgan fingerprint density at radius 2 is 2.00 bits per heavy atom. The minimum absolute atomic E-state index is 1.61. The molecule has 1 unspecified atom stereocenters. The quantitative estimate of drug-likeness (QED) is 0.489. The van der Waals surface area contributed by atoms with Gasteiger partial charge in [-0.3, -0.25) is 5.09 Å². The first-order valence-electron chi connectivity index (χ1n) is 1.55. The zero-order valence-corrected chi connectivity index (χ0v) is 5.51. The van der Waals surface area contributed by atoms with Gasteiger partial charge in [-0.2, -0.15) is 0 Å². The van der Waals surface area contributed by atoms with E-state index in [4.69, 9.17) is 4.89 Å². The third-order valence-corrected chi connectivity index (χ3v) is 1.79. The summed E-state index contributed by atoms with van der Waals surface area (Å²) in [6.07, 6.45) is -2.06. The van der Waals surface area contributed by atoms with Crippen molar-refractivity contribution in [3.05, 3.63) is 0 Å². The van der Waals surface area contributed by atoms with Crippen LogP contribution >= 0.6 is 6.42 Å². The number of rotatable bonds is 1. The van der Waals surface area contributed by atoms with E-state index in [0.717, 1.165) is 0 Å². The van der Waals surface area contributed by atoms with Gasteiger partial charge in [0.15, 0.2) is 0 Å². The largest absolute Gasteiger partial charge is 0.354 e. The molecule has 0 aliphatic rings. The second kappa shape index (κ2) is 2.03. The van der Waals surface area contributed by atoms with Crippen LogP contribution in [0.2, 0.25) is 0 Å². The smallest absolute Gasteiger partial charge is 0.123 e. The SMILES string of the molecule is CNP(C)(O)=S. The first-order valence-corrected chi connectivity index (χ1v) is 4.76. The lowest BCUT2D eigenvalue weighted by molar-refractivity contribution is 0.618. The Balaban J connectivity index is 3.48. The summed E-state index contributed by atoms with van der Waals surface area (Å²) in [4.78, 5) is 8.64. The van der Waals surface area contributed by atoms with Crippen LogP contribution in [0.25, 0.3) is 0 Å². The maximum absolute atomic E-state index is 8.64. The van der Waals surface area contributed by atoms with E-state index < -0.39 is 6.42 Å². The van der Waals surface area contributed by atoms with Crippen molar-refractivity contribution in [1.29, 1.82) is 0 Å². The predicted octanol–water partition coefficient (Wildman–Crippen LogP) is 0.137. The highest BCUT2D eigenvalue weighted by Gasteiger charge is 1.93. The fraction of sp³-hybridized carbons (Fsp3) is 1.00. The highest BCUT2D eigenvalue weighted by Crippen LogP contribution is 2.27. The highest BCUT2D eigenvalue weighted by atomic mass is 32.4. The van der Waals surface area contributed by atoms with E-state index in [1.807, 2.05) is 0 Å². The highest BCUT2D eigenvalue weighted by molar-refractivity contribution is 8.10. The van der Waals surface area contributed by atoms with Crippen molar-refractivity contribution in [3.63, 3.8) is 0 Å². The van der Waals surface area contributed by atoms with Gasteiger partial charge in [0.25, 0.3) is 0 Å². The zero-order chi connectivity index (χ0) is 5.21. The normalized spacial score (nSPS) is 19.8. The summed E-state index contributed by atoms with van der Waals surface area (Å²) in [5, 5.41) is 2.59. The van der Waals surface area contributed by atoms with Gasteiger partial charge in [0, 0.05) is 6.66 Å². The molecule has 0 aromatic rings.